The molecule has 0 aromatic heterocycles. The molecule has 2 rings (SSSR count). The highest BCUT2D eigenvalue weighted by molar-refractivity contribution is 7.99. The molecule has 0 unspecified atom stereocenters. The van der Waals surface area contributed by atoms with Gasteiger partial charge in [0, 0.05) is 11.3 Å². The molecule has 0 aliphatic heterocycles. The molecule has 3 nitrogen and oxygen atoms in total. The highest BCUT2D eigenvalue weighted by Gasteiger charge is 2.02. The summed E-state index contributed by atoms with van der Waals surface area (Å²) in [6.45, 7) is 4.12. The van der Waals surface area contributed by atoms with Gasteiger partial charge in [0.1, 0.15) is 5.82 Å². The molecule has 1 N–H and O–H groups in total. The maximum absolute atomic E-state index is 13.4. The second-order valence-electron chi connectivity index (χ2n) is 5.30. The predicted octanol–water partition coefficient (Wildman–Crippen LogP) is 3.83. The molecule has 0 saturated heterocycles. The normalized spacial score (nSPS) is 10.9. The molecular weight excluding hydrogens is 311 g/mol. The Hall–Kier alpha value is -2.14. The highest BCUT2D eigenvalue weighted by atomic mass is 32.2. The summed E-state index contributed by atoms with van der Waals surface area (Å²) in [5, 5.41) is 3.78. The van der Waals surface area contributed by atoms with Crippen molar-refractivity contribution in [3.05, 3.63) is 70.5 Å². The van der Waals surface area contributed by atoms with Crippen molar-refractivity contribution >= 4 is 23.9 Å². The molecule has 0 atom stereocenters. The van der Waals surface area contributed by atoms with Gasteiger partial charge in [0.15, 0.2) is 0 Å². The molecule has 0 spiro atoms. The zero-order valence-electron chi connectivity index (χ0n) is 13.2. The van der Waals surface area contributed by atoms with Crippen LogP contribution in [0.15, 0.2) is 47.6 Å². The first-order valence-corrected chi connectivity index (χ1v) is 8.41. The topological polar surface area (TPSA) is 41.5 Å². The number of nitrogens with one attached hydrogen (secondary N) is 1. The van der Waals surface area contributed by atoms with Crippen LogP contribution in [0.25, 0.3) is 0 Å². The van der Waals surface area contributed by atoms with Crippen molar-refractivity contribution in [2.24, 2.45) is 5.10 Å². The third-order valence-corrected chi connectivity index (χ3v) is 4.09. The predicted molar refractivity (Wildman–Crippen MR) is 94.2 cm³/mol. The summed E-state index contributed by atoms with van der Waals surface area (Å²) >= 11 is 1.52. The van der Waals surface area contributed by atoms with Crippen LogP contribution in [0.1, 0.15) is 22.3 Å². The Kier molecular flexibility index (Phi) is 6.35. The lowest BCUT2D eigenvalue weighted by molar-refractivity contribution is -0.118. The zero-order valence-corrected chi connectivity index (χ0v) is 14.0. The molecule has 0 aliphatic carbocycles. The minimum atomic E-state index is -0.366. The molecule has 5 heteroatoms. The van der Waals surface area contributed by atoms with Crippen LogP contribution in [-0.2, 0) is 10.5 Å². The third-order valence-electron chi connectivity index (χ3n) is 3.08. The average Bonchev–Trinajstić information content (AvgIpc) is 2.48. The van der Waals surface area contributed by atoms with Crippen LogP contribution in [0.5, 0.6) is 0 Å². The molecule has 1 amide bonds. The first-order valence-electron chi connectivity index (χ1n) is 7.26. The van der Waals surface area contributed by atoms with Crippen molar-refractivity contribution < 1.29 is 9.18 Å². The fourth-order valence-corrected chi connectivity index (χ4v) is 2.95. The van der Waals surface area contributed by atoms with Crippen molar-refractivity contribution in [3.63, 3.8) is 0 Å². The van der Waals surface area contributed by atoms with E-state index in [1.165, 1.54) is 40.7 Å². The Morgan fingerprint density at radius 1 is 1.22 bits per heavy atom. The van der Waals surface area contributed by atoms with Gasteiger partial charge in [-0.05, 0) is 25.5 Å². The number of nitrogens with zero attached hydrogens (tertiary/aromatic N) is 1. The van der Waals surface area contributed by atoms with Gasteiger partial charge in [-0.2, -0.15) is 5.10 Å². The first kappa shape index (κ1) is 17.2. The van der Waals surface area contributed by atoms with Gasteiger partial charge < -0.3 is 0 Å². The van der Waals surface area contributed by atoms with Gasteiger partial charge >= 0.3 is 0 Å². The summed E-state index contributed by atoms with van der Waals surface area (Å²) in [5.74, 6) is 0.510. The van der Waals surface area contributed by atoms with E-state index >= 15 is 0 Å². The van der Waals surface area contributed by atoms with Crippen molar-refractivity contribution in [2.75, 3.05) is 5.75 Å². The molecule has 0 radical (unpaired) electrons. The first-order chi connectivity index (χ1) is 11.0. The van der Waals surface area contributed by atoms with Crippen LogP contribution in [0, 0.1) is 19.7 Å². The standard InChI is InChI=1S/C18H19FN2OS/c1-13-7-14(2)9-15(8-13)11-23-12-18(22)21-20-10-16-5-3-4-6-17(16)19/h3-10H,11-12H2,1-2H3,(H,21,22)/b20-10-. The van der Waals surface area contributed by atoms with Gasteiger partial charge in [0.2, 0.25) is 5.91 Å². The van der Waals surface area contributed by atoms with E-state index in [9.17, 15) is 9.18 Å². The molecule has 2 aromatic carbocycles. The molecular formula is C18H19FN2OS. The second-order valence-corrected chi connectivity index (χ2v) is 6.29. The van der Waals surface area contributed by atoms with E-state index in [0.717, 1.165) is 5.75 Å². The number of rotatable bonds is 6. The fraction of sp³-hybridized carbons (Fsp3) is 0.222. The third kappa shape index (κ3) is 5.87. The van der Waals surface area contributed by atoms with Gasteiger partial charge in [-0.1, -0.05) is 47.5 Å². The maximum Gasteiger partial charge on any atom is 0.250 e. The molecule has 0 bridgehead atoms. The average molecular weight is 330 g/mol. The van der Waals surface area contributed by atoms with E-state index in [0.29, 0.717) is 11.3 Å². The molecule has 0 heterocycles. The van der Waals surface area contributed by atoms with E-state index in [4.69, 9.17) is 0 Å². The Balaban J connectivity index is 1.76. The van der Waals surface area contributed by atoms with Gasteiger partial charge in [0.05, 0.1) is 12.0 Å². The summed E-state index contributed by atoms with van der Waals surface area (Å²) in [5.41, 5.74) is 6.40. The SMILES string of the molecule is Cc1cc(C)cc(CSCC(=O)N/N=C\c2ccccc2F)c1. The van der Waals surface area contributed by atoms with Gasteiger partial charge in [-0.3, -0.25) is 4.79 Å². The quantitative estimate of drug-likeness (QED) is 0.646. The fourth-order valence-electron chi connectivity index (χ4n) is 2.20. The Morgan fingerprint density at radius 2 is 1.91 bits per heavy atom. The number of hydrazone groups is 1. The van der Waals surface area contributed by atoms with Crippen LogP contribution >= 0.6 is 11.8 Å². The van der Waals surface area contributed by atoms with E-state index in [2.05, 4.69) is 42.6 Å². The molecule has 0 aliphatic rings. The van der Waals surface area contributed by atoms with E-state index in [1.807, 2.05) is 0 Å². The lowest BCUT2D eigenvalue weighted by Gasteiger charge is -2.04. The Morgan fingerprint density at radius 3 is 2.61 bits per heavy atom. The van der Waals surface area contributed by atoms with Crippen LogP contribution in [0.3, 0.4) is 0 Å². The minimum Gasteiger partial charge on any atom is -0.272 e. The summed E-state index contributed by atoms with van der Waals surface area (Å²) < 4.78 is 13.4. The lowest BCUT2D eigenvalue weighted by atomic mass is 10.1. The molecule has 0 saturated carbocycles. The van der Waals surface area contributed by atoms with Gasteiger partial charge in [-0.25, -0.2) is 9.82 Å². The van der Waals surface area contributed by atoms with Crippen LogP contribution in [0.2, 0.25) is 0 Å². The summed E-state index contributed by atoms with van der Waals surface area (Å²) in [4.78, 5) is 11.7. The number of carbonyl (C=O) groups excluding carboxylic acids is 1. The molecule has 120 valence electrons. The molecule has 23 heavy (non-hydrogen) atoms. The molecule has 0 fully saturated rings. The number of carbonyl (C=O) groups is 1. The van der Waals surface area contributed by atoms with E-state index < -0.39 is 0 Å². The van der Waals surface area contributed by atoms with Crippen molar-refractivity contribution in [2.45, 2.75) is 19.6 Å². The summed E-state index contributed by atoms with van der Waals surface area (Å²) in [6.07, 6.45) is 1.31. The monoisotopic (exact) mass is 330 g/mol. The zero-order chi connectivity index (χ0) is 16.7. The smallest absolute Gasteiger partial charge is 0.250 e. The number of halogens is 1. The van der Waals surface area contributed by atoms with Gasteiger partial charge in [0.25, 0.3) is 0 Å². The number of amides is 1. The number of hydrogen-bond donors (Lipinski definition) is 1. The van der Waals surface area contributed by atoms with Crippen molar-refractivity contribution in [1.29, 1.82) is 0 Å². The van der Waals surface area contributed by atoms with Crippen molar-refractivity contribution in [3.8, 4) is 0 Å². The van der Waals surface area contributed by atoms with Crippen LogP contribution in [0.4, 0.5) is 4.39 Å². The maximum atomic E-state index is 13.4. The van der Waals surface area contributed by atoms with Crippen LogP contribution < -0.4 is 5.43 Å². The second kappa shape index (κ2) is 8.48. The minimum absolute atomic E-state index is 0.202. The number of benzene rings is 2. The van der Waals surface area contributed by atoms with E-state index in [-0.39, 0.29) is 11.7 Å². The summed E-state index contributed by atoms with van der Waals surface area (Å²) in [6, 6.07) is 12.6. The largest absolute Gasteiger partial charge is 0.272 e. The van der Waals surface area contributed by atoms with Gasteiger partial charge in [-0.15, -0.1) is 11.8 Å². The highest BCUT2D eigenvalue weighted by Crippen LogP contribution is 2.15. The summed E-state index contributed by atoms with van der Waals surface area (Å²) in [7, 11) is 0. The molecule has 2 aromatic rings. The van der Waals surface area contributed by atoms with E-state index in [1.54, 1.807) is 18.2 Å². The van der Waals surface area contributed by atoms with Crippen LogP contribution in [-0.4, -0.2) is 17.9 Å². The number of hydrogen-bond acceptors (Lipinski definition) is 3. The Labute approximate surface area is 140 Å². The van der Waals surface area contributed by atoms with Crippen molar-refractivity contribution in [1.82, 2.24) is 5.43 Å². The number of aryl methyl sites for hydroxylation is 2. The Bertz CT molecular complexity index is 696. The number of thioether (sulfide) groups is 1. The lowest BCUT2D eigenvalue weighted by Crippen LogP contribution is -2.19.